The number of carboxylic acids is 1. The minimum atomic E-state index is -1.55. The standard InChI is InChI=1S/C23H27NO7/c1-23(2,3)31-21(28)17-7-5-4-6-16(17)12-18(24)22(29)30-19(20(26)27)15-10-8-14(13-25)9-11-15/h4-11,18-19,25H,12-13,24H2,1-3H3,(H,26,27). The Hall–Kier alpha value is -3.23. The summed E-state index contributed by atoms with van der Waals surface area (Å²) >= 11 is 0. The number of ether oxygens (including phenoxy) is 2. The number of hydrogen-bond acceptors (Lipinski definition) is 7. The van der Waals surface area contributed by atoms with E-state index in [0.29, 0.717) is 11.1 Å². The SMILES string of the molecule is CC(C)(C)OC(=O)c1ccccc1CC(N)C(=O)OC(C(=O)O)c1ccc(CO)cc1. The van der Waals surface area contributed by atoms with Crippen LogP contribution in [0.1, 0.15) is 53.9 Å². The Morgan fingerprint density at radius 3 is 2.19 bits per heavy atom. The highest BCUT2D eigenvalue weighted by molar-refractivity contribution is 5.91. The summed E-state index contributed by atoms with van der Waals surface area (Å²) < 4.78 is 10.5. The van der Waals surface area contributed by atoms with Crippen molar-refractivity contribution < 1.29 is 34.1 Å². The number of esters is 2. The van der Waals surface area contributed by atoms with Crippen LogP contribution >= 0.6 is 0 Å². The molecule has 2 aromatic rings. The van der Waals surface area contributed by atoms with Gasteiger partial charge in [-0.25, -0.2) is 9.59 Å². The molecule has 0 spiro atoms. The highest BCUT2D eigenvalue weighted by Crippen LogP contribution is 2.21. The van der Waals surface area contributed by atoms with Crippen LogP contribution in [0.3, 0.4) is 0 Å². The zero-order chi connectivity index (χ0) is 23.2. The van der Waals surface area contributed by atoms with Gasteiger partial charge in [0.25, 0.3) is 0 Å². The van der Waals surface area contributed by atoms with Gasteiger partial charge >= 0.3 is 17.9 Å². The fourth-order valence-corrected chi connectivity index (χ4v) is 2.81. The predicted octanol–water partition coefficient (Wildman–Crippen LogP) is 2.37. The third kappa shape index (κ3) is 6.91. The van der Waals surface area contributed by atoms with Crippen molar-refractivity contribution in [3.8, 4) is 0 Å². The van der Waals surface area contributed by atoms with E-state index in [2.05, 4.69) is 0 Å². The fraction of sp³-hybridized carbons (Fsp3) is 0.348. The van der Waals surface area contributed by atoms with Crippen LogP contribution in [0.15, 0.2) is 48.5 Å². The van der Waals surface area contributed by atoms with Gasteiger partial charge in [0, 0.05) is 5.56 Å². The number of aliphatic carboxylic acids is 1. The number of carboxylic acid groups (broad SMARTS) is 1. The normalized spacial score (nSPS) is 13.2. The van der Waals surface area contributed by atoms with Crippen molar-refractivity contribution in [1.82, 2.24) is 0 Å². The second-order valence-electron chi connectivity index (χ2n) is 8.02. The van der Waals surface area contributed by atoms with Gasteiger partial charge < -0.3 is 25.4 Å². The number of aliphatic hydroxyl groups is 1. The predicted molar refractivity (Wildman–Crippen MR) is 112 cm³/mol. The Morgan fingerprint density at radius 2 is 1.65 bits per heavy atom. The number of aliphatic hydroxyl groups excluding tert-OH is 1. The Morgan fingerprint density at radius 1 is 1.03 bits per heavy atom. The molecule has 0 aromatic heterocycles. The highest BCUT2D eigenvalue weighted by Gasteiger charge is 2.28. The molecule has 0 fully saturated rings. The maximum Gasteiger partial charge on any atom is 0.349 e. The lowest BCUT2D eigenvalue weighted by molar-refractivity contribution is -0.165. The summed E-state index contributed by atoms with van der Waals surface area (Å²) in [5.41, 5.74) is 6.86. The number of nitrogens with two attached hydrogens (primary N) is 1. The molecule has 0 aliphatic rings. The van der Waals surface area contributed by atoms with E-state index in [-0.39, 0.29) is 24.2 Å². The Bertz CT molecular complexity index is 932. The summed E-state index contributed by atoms with van der Waals surface area (Å²) in [6.45, 7) is 5.04. The van der Waals surface area contributed by atoms with Gasteiger partial charge in [-0.2, -0.15) is 0 Å². The largest absolute Gasteiger partial charge is 0.478 e. The summed E-state index contributed by atoms with van der Waals surface area (Å²) in [6, 6.07) is 11.4. The lowest BCUT2D eigenvalue weighted by Crippen LogP contribution is -2.37. The molecule has 8 nitrogen and oxygen atoms in total. The van der Waals surface area contributed by atoms with Crippen LogP contribution in [0.2, 0.25) is 0 Å². The maximum atomic E-state index is 12.5. The molecule has 8 heteroatoms. The first-order valence-corrected chi connectivity index (χ1v) is 9.71. The van der Waals surface area contributed by atoms with Gasteiger partial charge in [-0.05, 0) is 44.4 Å². The van der Waals surface area contributed by atoms with Gasteiger partial charge in [0.05, 0.1) is 12.2 Å². The van der Waals surface area contributed by atoms with Gasteiger partial charge in [0.1, 0.15) is 11.6 Å². The average molecular weight is 429 g/mol. The summed E-state index contributed by atoms with van der Waals surface area (Å²) in [7, 11) is 0. The van der Waals surface area contributed by atoms with E-state index in [9.17, 15) is 19.5 Å². The van der Waals surface area contributed by atoms with Crippen LogP contribution < -0.4 is 5.73 Å². The molecule has 0 bridgehead atoms. The summed E-state index contributed by atoms with van der Waals surface area (Å²) in [4.78, 5) is 36.6. The van der Waals surface area contributed by atoms with Crippen molar-refractivity contribution in [2.24, 2.45) is 5.73 Å². The van der Waals surface area contributed by atoms with Gasteiger partial charge in [-0.15, -0.1) is 0 Å². The molecule has 0 amide bonds. The van der Waals surface area contributed by atoms with Crippen molar-refractivity contribution in [3.63, 3.8) is 0 Å². The smallest absolute Gasteiger partial charge is 0.349 e. The van der Waals surface area contributed by atoms with Crippen LogP contribution in [0, 0.1) is 0 Å². The molecule has 0 saturated carbocycles. The van der Waals surface area contributed by atoms with Crippen molar-refractivity contribution in [1.29, 1.82) is 0 Å². The topological polar surface area (TPSA) is 136 Å². The van der Waals surface area contributed by atoms with E-state index in [1.165, 1.54) is 24.3 Å². The third-order valence-corrected chi connectivity index (χ3v) is 4.30. The minimum Gasteiger partial charge on any atom is -0.478 e. The molecule has 166 valence electrons. The number of carbonyl (C=O) groups is 3. The quantitative estimate of drug-likeness (QED) is 0.544. The second kappa shape index (κ2) is 10.2. The molecule has 31 heavy (non-hydrogen) atoms. The fourth-order valence-electron chi connectivity index (χ4n) is 2.81. The molecule has 0 aliphatic heterocycles. The second-order valence-corrected chi connectivity index (χ2v) is 8.02. The van der Waals surface area contributed by atoms with Gasteiger partial charge in [0.15, 0.2) is 0 Å². The number of carbonyl (C=O) groups excluding carboxylic acids is 2. The first kappa shape index (κ1) is 24.0. The van der Waals surface area contributed by atoms with Gasteiger partial charge in [0.2, 0.25) is 6.10 Å². The molecule has 0 saturated heterocycles. The minimum absolute atomic E-state index is 0.0377. The Kier molecular flexibility index (Phi) is 7.90. The lowest BCUT2D eigenvalue weighted by Gasteiger charge is -2.21. The third-order valence-electron chi connectivity index (χ3n) is 4.30. The Balaban J connectivity index is 2.14. The van der Waals surface area contributed by atoms with E-state index < -0.39 is 35.7 Å². The van der Waals surface area contributed by atoms with Crippen molar-refractivity contribution in [3.05, 3.63) is 70.8 Å². The molecule has 0 heterocycles. The maximum absolute atomic E-state index is 12.5. The van der Waals surface area contributed by atoms with Crippen LogP contribution in [0.4, 0.5) is 0 Å². The Labute approximate surface area is 180 Å². The van der Waals surface area contributed by atoms with E-state index in [0.717, 1.165) is 0 Å². The highest BCUT2D eigenvalue weighted by atomic mass is 16.6. The molecule has 2 unspecified atom stereocenters. The van der Waals surface area contributed by atoms with E-state index in [1.54, 1.807) is 45.0 Å². The van der Waals surface area contributed by atoms with Crippen molar-refractivity contribution in [2.75, 3.05) is 0 Å². The molecule has 4 N–H and O–H groups in total. The van der Waals surface area contributed by atoms with Crippen LogP contribution in [0.5, 0.6) is 0 Å². The van der Waals surface area contributed by atoms with Gasteiger partial charge in [-0.1, -0.05) is 42.5 Å². The molecule has 2 rings (SSSR count). The van der Waals surface area contributed by atoms with Crippen LogP contribution in [0.25, 0.3) is 0 Å². The molecule has 2 aromatic carbocycles. The zero-order valence-corrected chi connectivity index (χ0v) is 17.7. The molecule has 0 aliphatic carbocycles. The van der Waals surface area contributed by atoms with Crippen LogP contribution in [-0.2, 0) is 32.1 Å². The first-order valence-electron chi connectivity index (χ1n) is 9.71. The van der Waals surface area contributed by atoms with Crippen molar-refractivity contribution >= 4 is 17.9 Å². The van der Waals surface area contributed by atoms with Crippen LogP contribution in [-0.4, -0.2) is 39.8 Å². The zero-order valence-electron chi connectivity index (χ0n) is 17.7. The molecule has 0 radical (unpaired) electrons. The summed E-state index contributed by atoms with van der Waals surface area (Å²) in [5, 5.41) is 18.6. The monoisotopic (exact) mass is 429 g/mol. The molecular weight excluding hydrogens is 402 g/mol. The summed E-state index contributed by atoms with van der Waals surface area (Å²) in [6.07, 6.45) is -1.59. The molecular formula is C23H27NO7. The van der Waals surface area contributed by atoms with E-state index in [1.807, 2.05) is 0 Å². The van der Waals surface area contributed by atoms with Crippen molar-refractivity contribution in [2.45, 2.75) is 51.5 Å². The average Bonchev–Trinajstić information content (AvgIpc) is 2.70. The number of benzene rings is 2. The van der Waals surface area contributed by atoms with E-state index >= 15 is 0 Å². The van der Waals surface area contributed by atoms with Gasteiger partial charge in [-0.3, -0.25) is 4.79 Å². The first-order chi connectivity index (χ1) is 14.5. The lowest BCUT2D eigenvalue weighted by atomic mass is 10.00. The van der Waals surface area contributed by atoms with E-state index in [4.69, 9.17) is 20.3 Å². The molecule has 2 atom stereocenters. The number of rotatable bonds is 8. The number of hydrogen-bond donors (Lipinski definition) is 3. The summed E-state index contributed by atoms with van der Waals surface area (Å²) in [5.74, 6) is -2.82.